The predicted molar refractivity (Wildman–Crippen MR) is 81.4 cm³/mol. The summed E-state index contributed by atoms with van der Waals surface area (Å²) in [5.74, 6) is 0.503. The first-order valence-electron chi connectivity index (χ1n) is 6.60. The van der Waals surface area contributed by atoms with Crippen LogP contribution >= 0.6 is 15.9 Å². The third-order valence-corrected chi connectivity index (χ3v) is 4.22. The van der Waals surface area contributed by atoms with E-state index in [1.165, 1.54) is 0 Å². The predicted octanol–water partition coefficient (Wildman–Crippen LogP) is 2.09. The van der Waals surface area contributed by atoms with Crippen LogP contribution in [0.15, 0.2) is 28.9 Å². The van der Waals surface area contributed by atoms with E-state index in [2.05, 4.69) is 31.0 Å². The molecule has 1 aliphatic heterocycles. The number of primary amides is 1. The monoisotopic (exact) mass is 334 g/mol. The van der Waals surface area contributed by atoms with Gasteiger partial charge in [-0.05, 0) is 31.0 Å². The van der Waals surface area contributed by atoms with Crippen LogP contribution in [0.5, 0.6) is 0 Å². The summed E-state index contributed by atoms with van der Waals surface area (Å²) in [5, 5.41) is 10.4. The van der Waals surface area contributed by atoms with Gasteiger partial charge in [0.1, 0.15) is 0 Å². The summed E-state index contributed by atoms with van der Waals surface area (Å²) in [6.07, 6.45) is 3.55. The fourth-order valence-electron chi connectivity index (χ4n) is 2.68. The summed E-state index contributed by atoms with van der Waals surface area (Å²) in [7, 11) is 0. The first-order chi connectivity index (χ1) is 9.65. The van der Waals surface area contributed by atoms with Crippen LogP contribution in [-0.4, -0.2) is 29.2 Å². The minimum Gasteiger partial charge on any atom is -0.369 e. The Morgan fingerprint density at radius 1 is 1.45 bits per heavy atom. The first kappa shape index (κ1) is 13.3. The molecule has 0 aliphatic carbocycles. The fourth-order valence-corrected chi connectivity index (χ4v) is 3.06. The van der Waals surface area contributed by atoms with Crippen molar-refractivity contribution in [2.75, 3.05) is 18.0 Å². The second kappa shape index (κ2) is 5.36. The second-order valence-electron chi connectivity index (χ2n) is 5.09. The van der Waals surface area contributed by atoms with Crippen LogP contribution in [0.4, 0.5) is 5.82 Å². The molecule has 1 aromatic heterocycles. The Labute approximate surface area is 125 Å². The molecule has 1 fully saturated rings. The molecule has 1 atom stereocenters. The molecular weight excluding hydrogens is 320 g/mol. The maximum absolute atomic E-state index is 11.4. The summed E-state index contributed by atoms with van der Waals surface area (Å²) < 4.78 is 1.01. The molecule has 1 aromatic carbocycles. The zero-order valence-corrected chi connectivity index (χ0v) is 12.5. The molecule has 5 nitrogen and oxygen atoms in total. The number of anilines is 1. The zero-order chi connectivity index (χ0) is 14.1. The summed E-state index contributed by atoms with van der Waals surface area (Å²) in [6.45, 7) is 1.51. The van der Waals surface area contributed by atoms with Gasteiger partial charge in [-0.1, -0.05) is 15.9 Å². The number of rotatable bonds is 2. The van der Waals surface area contributed by atoms with E-state index in [1.54, 1.807) is 6.20 Å². The highest BCUT2D eigenvalue weighted by Gasteiger charge is 2.25. The van der Waals surface area contributed by atoms with Gasteiger partial charge in [0.2, 0.25) is 5.91 Å². The molecule has 1 saturated heterocycles. The number of carbonyl (C=O) groups is 1. The van der Waals surface area contributed by atoms with E-state index < -0.39 is 0 Å². The second-order valence-corrected chi connectivity index (χ2v) is 6.00. The highest BCUT2D eigenvalue weighted by Crippen LogP contribution is 2.29. The summed E-state index contributed by atoms with van der Waals surface area (Å²) >= 11 is 3.46. The van der Waals surface area contributed by atoms with Gasteiger partial charge in [-0.2, -0.15) is 5.10 Å². The SMILES string of the molecule is NC(=O)[C@H]1CCCN(c2nncc3cc(Br)ccc23)C1. The fraction of sp³-hybridized carbons (Fsp3) is 0.357. The normalized spacial score (nSPS) is 19.2. The smallest absolute Gasteiger partial charge is 0.222 e. The van der Waals surface area contributed by atoms with Crippen molar-refractivity contribution >= 4 is 38.4 Å². The molecule has 2 aromatic rings. The van der Waals surface area contributed by atoms with Gasteiger partial charge in [0, 0.05) is 28.3 Å². The van der Waals surface area contributed by atoms with Gasteiger partial charge < -0.3 is 10.6 Å². The maximum atomic E-state index is 11.4. The Bertz CT molecular complexity index is 661. The summed E-state index contributed by atoms with van der Waals surface area (Å²) in [6, 6.07) is 6.03. The van der Waals surface area contributed by atoms with Crippen LogP contribution in [0.25, 0.3) is 10.8 Å². The number of fused-ring (bicyclic) bond motifs is 1. The van der Waals surface area contributed by atoms with Crippen LogP contribution in [0.3, 0.4) is 0 Å². The highest BCUT2D eigenvalue weighted by molar-refractivity contribution is 9.10. The van der Waals surface area contributed by atoms with Gasteiger partial charge in [0.15, 0.2) is 5.82 Å². The Balaban J connectivity index is 1.99. The molecule has 2 heterocycles. The number of aromatic nitrogens is 2. The van der Waals surface area contributed by atoms with E-state index in [0.29, 0.717) is 6.54 Å². The molecule has 0 saturated carbocycles. The number of benzene rings is 1. The van der Waals surface area contributed by atoms with Crippen LogP contribution in [0.2, 0.25) is 0 Å². The van der Waals surface area contributed by atoms with Crippen molar-refractivity contribution in [1.29, 1.82) is 0 Å². The largest absolute Gasteiger partial charge is 0.369 e. The number of halogens is 1. The molecule has 104 valence electrons. The number of hydrogen-bond acceptors (Lipinski definition) is 4. The maximum Gasteiger partial charge on any atom is 0.222 e. The highest BCUT2D eigenvalue weighted by atomic mass is 79.9. The van der Waals surface area contributed by atoms with Crippen molar-refractivity contribution in [3.63, 3.8) is 0 Å². The number of nitrogens with two attached hydrogens (primary N) is 1. The third-order valence-electron chi connectivity index (χ3n) is 3.73. The topological polar surface area (TPSA) is 72.1 Å². The van der Waals surface area contributed by atoms with E-state index in [9.17, 15) is 4.79 Å². The lowest BCUT2D eigenvalue weighted by Gasteiger charge is -2.32. The Kier molecular flexibility index (Phi) is 3.56. The molecule has 2 N–H and O–H groups in total. The lowest BCUT2D eigenvalue weighted by Crippen LogP contribution is -2.41. The van der Waals surface area contributed by atoms with Crippen LogP contribution < -0.4 is 10.6 Å². The lowest BCUT2D eigenvalue weighted by molar-refractivity contribution is -0.122. The first-order valence-corrected chi connectivity index (χ1v) is 7.39. The van der Waals surface area contributed by atoms with E-state index in [1.807, 2.05) is 18.2 Å². The molecule has 20 heavy (non-hydrogen) atoms. The van der Waals surface area contributed by atoms with Gasteiger partial charge in [-0.15, -0.1) is 5.10 Å². The molecule has 1 amide bonds. The minimum atomic E-state index is -0.231. The van der Waals surface area contributed by atoms with Gasteiger partial charge in [0.05, 0.1) is 12.1 Å². The zero-order valence-electron chi connectivity index (χ0n) is 10.9. The van der Waals surface area contributed by atoms with Crippen LogP contribution in [-0.2, 0) is 4.79 Å². The third kappa shape index (κ3) is 2.47. The van der Waals surface area contributed by atoms with Gasteiger partial charge >= 0.3 is 0 Å². The van der Waals surface area contributed by atoms with E-state index in [-0.39, 0.29) is 11.8 Å². The van der Waals surface area contributed by atoms with Crippen molar-refractivity contribution in [3.8, 4) is 0 Å². The molecule has 0 bridgehead atoms. The standard InChI is InChI=1S/C14H15BrN4O/c15-11-3-4-12-10(6-11)7-17-18-14(12)19-5-1-2-9(8-19)13(16)20/h3-4,6-7,9H,1-2,5,8H2,(H2,16,20)/t9-/m0/s1. The van der Waals surface area contributed by atoms with Crippen molar-refractivity contribution in [2.45, 2.75) is 12.8 Å². The average Bonchev–Trinajstić information content (AvgIpc) is 2.46. The molecule has 6 heteroatoms. The number of nitrogens with zero attached hydrogens (tertiary/aromatic N) is 3. The van der Waals surface area contributed by atoms with Crippen molar-refractivity contribution < 1.29 is 4.79 Å². The number of hydrogen-bond donors (Lipinski definition) is 1. The van der Waals surface area contributed by atoms with Crippen molar-refractivity contribution in [2.24, 2.45) is 11.7 Å². The molecular formula is C14H15BrN4O. The summed E-state index contributed by atoms with van der Waals surface area (Å²) in [4.78, 5) is 13.5. The molecule has 0 unspecified atom stereocenters. The quantitative estimate of drug-likeness (QED) is 0.912. The van der Waals surface area contributed by atoms with Crippen LogP contribution in [0, 0.1) is 5.92 Å². The average molecular weight is 335 g/mol. The number of piperidine rings is 1. The molecule has 3 rings (SSSR count). The minimum absolute atomic E-state index is 0.101. The summed E-state index contributed by atoms with van der Waals surface area (Å²) in [5.41, 5.74) is 5.43. The van der Waals surface area contributed by atoms with Gasteiger partial charge in [0.25, 0.3) is 0 Å². The molecule has 0 radical (unpaired) electrons. The van der Waals surface area contributed by atoms with Crippen molar-refractivity contribution in [3.05, 3.63) is 28.9 Å². The molecule has 1 aliphatic rings. The van der Waals surface area contributed by atoms with Crippen LogP contribution in [0.1, 0.15) is 12.8 Å². The Hall–Kier alpha value is -1.69. The molecule has 0 spiro atoms. The van der Waals surface area contributed by atoms with Crippen molar-refractivity contribution in [1.82, 2.24) is 10.2 Å². The lowest BCUT2D eigenvalue weighted by atomic mass is 9.97. The van der Waals surface area contributed by atoms with E-state index in [4.69, 9.17) is 5.73 Å². The van der Waals surface area contributed by atoms with Gasteiger partial charge in [-0.25, -0.2) is 0 Å². The Morgan fingerprint density at radius 2 is 2.30 bits per heavy atom. The van der Waals surface area contributed by atoms with E-state index >= 15 is 0 Å². The number of carbonyl (C=O) groups excluding carboxylic acids is 1. The van der Waals surface area contributed by atoms with Gasteiger partial charge in [-0.3, -0.25) is 4.79 Å². The van der Waals surface area contributed by atoms with E-state index in [0.717, 1.165) is 40.4 Å². The Morgan fingerprint density at radius 3 is 3.10 bits per heavy atom. The number of amides is 1.